The molecular formula is C13H16N2O3. The largest absolute Gasteiger partial charge is 0.469 e. The zero-order valence-corrected chi connectivity index (χ0v) is 10.2. The van der Waals surface area contributed by atoms with Gasteiger partial charge in [-0.2, -0.15) is 0 Å². The van der Waals surface area contributed by atoms with Gasteiger partial charge in [0.1, 0.15) is 0 Å². The number of benzene rings is 1. The Balaban J connectivity index is 1.89. The van der Waals surface area contributed by atoms with Crippen LogP contribution in [0.4, 0.5) is 0 Å². The summed E-state index contributed by atoms with van der Waals surface area (Å²) < 4.78 is 4.60. The molecule has 1 saturated carbocycles. The minimum atomic E-state index is -0.332. The number of hydrogen-bond acceptors (Lipinski definition) is 4. The van der Waals surface area contributed by atoms with Crippen molar-refractivity contribution in [3.8, 4) is 0 Å². The summed E-state index contributed by atoms with van der Waals surface area (Å²) in [4.78, 5) is 23.2. The molecule has 0 heterocycles. The fourth-order valence-corrected chi connectivity index (χ4v) is 1.95. The number of nitrogens with two attached hydrogens (primary N) is 1. The van der Waals surface area contributed by atoms with E-state index >= 15 is 0 Å². The molecule has 1 aromatic carbocycles. The Kier molecular flexibility index (Phi) is 3.62. The standard InChI is InChI=1S/C13H16N2O3/c1-18-13(17)11-7-10(11)12(16)15(14)8-9-5-3-2-4-6-9/h2-6,10-11H,7-8,14H2,1H3/t10-,11+/m0/s1. The SMILES string of the molecule is COC(=O)[C@@H]1C[C@@H]1C(=O)N(N)Cc1ccccc1. The summed E-state index contributed by atoms with van der Waals surface area (Å²) in [6, 6.07) is 9.49. The zero-order chi connectivity index (χ0) is 13.1. The average Bonchev–Trinajstić information content (AvgIpc) is 3.18. The van der Waals surface area contributed by atoms with Gasteiger partial charge in [-0.05, 0) is 12.0 Å². The van der Waals surface area contributed by atoms with Crippen LogP contribution in [0.1, 0.15) is 12.0 Å². The van der Waals surface area contributed by atoms with Crippen LogP contribution in [0.5, 0.6) is 0 Å². The number of nitrogens with zero attached hydrogens (tertiary/aromatic N) is 1. The maximum Gasteiger partial charge on any atom is 0.309 e. The van der Waals surface area contributed by atoms with Gasteiger partial charge in [-0.3, -0.25) is 14.6 Å². The smallest absolute Gasteiger partial charge is 0.309 e. The summed E-state index contributed by atoms with van der Waals surface area (Å²) >= 11 is 0. The average molecular weight is 248 g/mol. The molecule has 1 aliphatic rings. The fraction of sp³-hybridized carbons (Fsp3) is 0.385. The Morgan fingerprint density at radius 3 is 2.61 bits per heavy atom. The monoisotopic (exact) mass is 248 g/mol. The van der Waals surface area contributed by atoms with Crippen LogP contribution in [0.25, 0.3) is 0 Å². The number of amides is 1. The number of ether oxygens (including phenoxy) is 1. The first-order valence-electron chi connectivity index (χ1n) is 5.81. The molecule has 1 aromatic rings. The molecule has 0 bridgehead atoms. The van der Waals surface area contributed by atoms with E-state index in [9.17, 15) is 9.59 Å². The summed E-state index contributed by atoms with van der Waals surface area (Å²) in [6.45, 7) is 0.351. The molecule has 96 valence electrons. The van der Waals surface area contributed by atoms with Crippen molar-refractivity contribution in [1.82, 2.24) is 5.01 Å². The first-order valence-corrected chi connectivity index (χ1v) is 5.81. The van der Waals surface area contributed by atoms with E-state index in [1.54, 1.807) is 0 Å². The lowest BCUT2D eigenvalue weighted by atomic mass is 10.2. The van der Waals surface area contributed by atoms with E-state index in [0.717, 1.165) is 5.56 Å². The first kappa shape index (κ1) is 12.6. The Bertz CT molecular complexity index is 447. The van der Waals surface area contributed by atoms with E-state index in [0.29, 0.717) is 13.0 Å². The van der Waals surface area contributed by atoms with Gasteiger partial charge in [0.25, 0.3) is 0 Å². The van der Waals surface area contributed by atoms with Crippen molar-refractivity contribution in [1.29, 1.82) is 0 Å². The quantitative estimate of drug-likeness (QED) is 0.368. The van der Waals surface area contributed by atoms with Crippen LogP contribution in [0.2, 0.25) is 0 Å². The molecule has 2 N–H and O–H groups in total. The maximum absolute atomic E-state index is 11.9. The van der Waals surface area contributed by atoms with Gasteiger partial charge in [0.2, 0.25) is 5.91 Å². The summed E-state index contributed by atoms with van der Waals surface area (Å²) in [6.07, 6.45) is 0.536. The minimum Gasteiger partial charge on any atom is -0.469 e. The molecule has 18 heavy (non-hydrogen) atoms. The highest BCUT2D eigenvalue weighted by Gasteiger charge is 2.50. The number of esters is 1. The van der Waals surface area contributed by atoms with Gasteiger partial charge in [0, 0.05) is 0 Å². The van der Waals surface area contributed by atoms with Crippen LogP contribution < -0.4 is 5.84 Å². The second kappa shape index (κ2) is 5.18. The molecule has 0 radical (unpaired) electrons. The van der Waals surface area contributed by atoms with Gasteiger partial charge >= 0.3 is 5.97 Å². The highest BCUT2D eigenvalue weighted by Crippen LogP contribution is 2.40. The predicted molar refractivity (Wildman–Crippen MR) is 64.8 cm³/mol. The molecule has 0 spiro atoms. The molecule has 0 aliphatic heterocycles. The normalized spacial score (nSPS) is 21.2. The van der Waals surface area contributed by atoms with Crippen LogP contribution in [-0.2, 0) is 20.9 Å². The third kappa shape index (κ3) is 2.68. The zero-order valence-electron chi connectivity index (χ0n) is 10.2. The third-order valence-corrected chi connectivity index (χ3v) is 3.09. The Morgan fingerprint density at radius 2 is 2.00 bits per heavy atom. The molecule has 0 saturated heterocycles. The van der Waals surface area contributed by atoms with Gasteiger partial charge in [-0.25, -0.2) is 5.84 Å². The first-order chi connectivity index (χ1) is 8.63. The number of methoxy groups -OCH3 is 1. The van der Waals surface area contributed by atoms with Crippen molar-refractivity contribution in [2.75, 3.05) is 7.11 Å². The lowest BCUT2D eigenvalue weighted by Gasteiger charge is -2.16. The Labute approximate surface area is 105 Å². The van der Waals surface area contributed by atoms with Crippen LogP contribution >= 0.6 is 0 Å². The second-order valence-electron chi connectivity index (χ2n) is 4.42. The van der Waals surface area contributed by atoms with E-state index in [-0.39, 0.29) is 23.7 Å². The third-order valence-electron chi connectivity index (χ3n) is 3.09. The minimum absolute atomic E-state index is 0.200. The molecule has 5 nitrogen and oxygen atoms in total. The number of hydrogen-bond donors (Lipinski definition) is 1. The Morgan fingerprint density at radius 1 is 1.33 bits per heavy atom. The van der Waals surface area contributed by atoms with E-state index in [2.05, 4.69) is 4.74 Å². The molecule has 0 unspecified atom stereocenters. The van der Waals surface area contributed by atoms with Crippen molar-refractivity contribution in [3.05, 3.63) is 35.9 Å². The van der Waals surface area contributed by atoms with Gasteiger partial charge in [-0.1, -0.05) is 30.3 Å². The lowest BCUT2D eigenvalue weighted by Crippen LogP contribution is -2.38. The van der Waals surface area contributed by atoms with Gasteiger partial charge < -0.3 is 4.74 Å². The Hall–Kier alpha value is -1.88. The van der Waals surface area contributed by atoms with Crippen molar-refractivity contribution in [2.45, 2.75) is 13.0 Å². The van der Waals surface area contributed by atoms with Crippen molar-refractivity contribution < 1.29 is 14.3 Å². The number of rotatable bonds is 4. The second-order valence-corrected chi connectivity index (χ2v) is 4.42. The van der Waals surface area contributed by atoms with Crippen molar-refractivity contribution in [2.24, 2.45) is 17.7 Å². The summed E-state index contributed by atoms with van der Waals surface area (Å²) in [5.74, 6) is 4.56. The van der Waals surface area contributed by atoms with Crippen LogP contribution in [0.3, 0.4) is 0 Å². The summed E-state index contributed by atoms with van der Waals surface area (Å²) in [5, 5.41) is 1.17. The molecule has 1 aliphatic carbocycles. The molecule has 2 rings (SSSR count). The lowest BCUT2D eigenvalue weighted by molar-refractivity contribution is -0.145. The van der Waals surface area contributed by atoms with Crippen molar-refractivity contribution >= 4 is 11.9 Å². The number of carbonyl (C=O) groups excluding carboxylic acids is 2. The maximum atomic E-state index is 11.9. The molecule has 0 aromatic heterocycles. The molecular weight excluding hydrogens is 232 g/mol. The van der Waals surface area contributed by atoms with Gasteiger partial charge in [0.05, 0.1) is 25.5 Å². The summed E-state index contributed by atoms with van der Waals surface area (Å²) in [7, 11) is 1.33. The van der Waals surface area contributed by atoms with E-state index in [1.165, 1.54) is 12.1 Å². The highest BCUT2D eigenvalue weighted by atomic mass is 16.5. The fourth-order valence-electron chi connectivity index (χ4n) is 1.95. The molecule has 1 amide bonds. The molecule has 5 heteroatoms. The highest BCUT2D eigenvalue weighted by molar-refractivity contribution is 5.89. The predicted octanol–water partition coefficient (Wildman–Crippen LogP) is 0.698. The van der Waals surface area contributed by atoms with Crippen molar-refractivity contribution in [3.63, 3.8) is 0 Å². The molecule has 1 fully saturated rings. The molecule has 2 atom stereocenters. The van der Waals surface area contributed by atoms with Crippen LogP contribution in [0.15, 0.2) is 30.3 Å². The van der Waals surface area contributed by atoms with E-state index in [4.69, 9.17) is 5.84 Å². The van der Waals surface area contributed by atoms with Gasteiger partial charge in [-0.15, -0.1) is 0 Å². The van der Waals surface area contributed by atoms with Crippen LogP contribution in [-0.4, -0.2) is 24.0 Å². The van der Waals surface area contributed by atoms with Gasteiger partial charge in [0.15, 0.2) is 0 Å². The summed E-state index contributed by atoms with van der Waals surface area (Å²) in [5.41, 5.74) is 0.962. The van der Waals surface area contributed by atoms with E-state index in [1.807, 2.05) is 30.3 Å². The number of hydrazine groups is 1. The number of carbonyl (C=O) groups is 2. The van der Waals surface area contributed by atoms with E-state index < -0.39 is 0 Å². The topological polar surface area (TPSA) is 72.6 Å². The van der Waals surface area contributed by atoms with Crippen LogP contribution in [0, 0.1) is 11.8 Å².